The minimum absolute atomic E-state index is 0. The van der Waals surface area contributed by atoms with E-state index in [1.807, 2.05) is 23.1 Å². The lowest BCUT2D eigenvalue weighted by Crippen LogP contribution is -2.41. The van der Waals surface area contributed by atoms with Crippen LogP contribution >= 0.6 is 24.0 Å². The molecule has 2 aliphatic heterocycles. The van der Waals surface area contributed by atoms with Crippen molar-refractivity contribution >= 4 is 41.5 Å². The maximum Gasteiger partial charge on any atom is 0.248 e. The SMILES string of the molecule is CCNC(=NCC(=O)N1CCc2ccccc21)N1CC2CCCCC2C1.I. The molecule has 0 radical (unpaired) electrons. The van der Waals surface area contributed by atoms with E-state index < -0.39 is 0 Å². The highest BCUT2D eigenvalue weighted by Gasteiger charge is 2.35. The fraction of sp³-hybridized carbons (Fsp3) is 0.619. The molecular weight excluding hydrogens is 451 g/mol. The zero-order valence-corrected chi connectivity index (χ0v) is 18.5. The molecule has 2 heterocycles. The number of halogens is 1. The van der Waals surface area contributed by atoms with Crippen LogP contribution < -0.4 is 10.2 Å². The van der Waals surface area contributed by atoms with E-state index in [1.165, 1.54) is 31.2 Å². The number of hydrogen-bond donors (Lipinski definition) is 1. The van der Waals surface area contributed by atoms with Gasteiger partial charge in [0.1, 0.15) is 6.54 Å². The van der Waals surface area contributed by atoms with Crippen molar-refractivity contribution in [2.45, 2.75) is 39.0 Å². The Kier molecular flexibility index (Phi) is 7.00. The molecule has 2 unspecified atom stereocenters. The molecule has 5 nitrogen and oxygen atoms in total. The van der Waals surface area contributed by atoms with E-state index in [0.717, 1.165) is 56.1 Å². The minimum Gasteiger partial charge on any atom is -0.357 e. The standard InChI is InChI=1S/C21H30N4O.HI/c1-2-22-21(24-14-17-8-3-4-9-18(17)15-24)23-13-20(26)25-12-11-16-7-5-6-10-19(16)25;/h5-7,10,17-18H,2-4,8-9,11-15H2,1H3,(H,22,23);1H. The van der Waals surface area contributed by atoms with E-state index in [2.05, 4.69) is 23.2 Å². The van der Waals surface area contributed by atoms with Crippen LogP contribution in [0.1, 0.15) is 38.2 Å². The van der Waals surface area contributed by atoms with Crippen LogP contribution in [0.4, 0.5) is 5.69 Å². The van der Waals surface area contributed by atoms with Crippen molar-refractivity contribution in [3.63, 3.8) is 0 Å². The third-order valence-electron chi connectivity index (χ3n) is 6.16. The summed E-state index contributed by atoms with van der Waals surface area (Å²) < 4.78 is 0. The average molecular weight is 482 g/mol. The van der Waals surface area contributed by atoms with Crippen LogP contribution in [0.25, 0.3) is 0 Å². The zero-order valence-electron chi connectivity index (χ0n) is 16.2. The highest BCUT2D eigenvalue weighted by Crippen LogP contribution is 2.36. The highest BCUT2D eigenvalue weighted by atomic mass is 127. The van der Waals surface area contributed by atoms with Gasteiger partial charge in [-0.05, 0) is 49.7 Å². The molecule has 2 fully saturated rings. The van der Waals surface area contributed by atoms with E-state index in [1.54, 1.807) is 0 Å². The second kappa shape index (κ2) is 9.26. The maximum absolute atomic E-state index is 12.8. The van der Waals surface area contributed by atoms with Gasteiger partial charge in [0.2, 0.25) is 5.91 Å². The largest absolute Gasteiger partial charge is 0.357 e. The Morgan fingerprint density at radius 1 is 1.19 bits per heavy atom. The number of para-hydroxylation sites is 1. The normalized spacial score (nSPS) is 24.3. The molecule has 1 saturated carbocycles. The van der Waals surface area contributed by atoms with Crippen molar-refractivity contribution in [2.24, 2.45) is 16.8 Å². The number of carbonyl (C=O) groups excluding carboxylic acids is 1. The van der Waals surface area contributed by atoms with Crippen LogP contribution in [-0.2, 0) is 11.2 Å². The molecule has 4 rings (SSSR count). The number of carbonyl (C=O) groups is 1. The molecule has 3 aliphatic rings. The van der Waals surface area contributed by atoms with Crippen molar-refractivity contribution in [1.82, 2.24) is 10.2 Å². The molecule has 1 N–H and O–H groups in total. The van der Waals surface area contributed by atoms with Gasteiger partial charge in [-0.3, -0.25) is 4.79 Å². The fourth-order valence-corrected chi connectivity index (χ4v) is 4.83. The number of amides is 1. The monoisotopic (exact) mass is 482 g/mol. The van der Waals surface area contributed by atoms with Crippen LogP contribution in [0.3, 0.4) is 0 Å². The summed E-state index contributed by atoms with van der Waals surface area (Å²) in [4.78, 5) is 21.7. The smallest absolute Gasteiger partial charge is 0.248 e. The first-order chi connectivity index (χ1) is 12.8. The minimum atomic E-state index is 0. The Balaban J connectivity index is 0.00000210. The summed E-state index contributed by atoms with van der Waals surface area (Å²) in [5, 5.41) is 3.40. The van der Waals surface area contributed by atoms with Crippen molar-refractivity contribution < 1.29 is 4.79 Å². The predicted molar refractivity (Wildman–Crippen MR) is 121 cm³/mol. The molecule has 1 saturated heterocycles. The first-order valence-electron chi connectivity index (χ1n) is 10.2. The topological polar surface area (TPSA) is 47.9 Å². The Hall–Kier alpha value is -1.31. The van der Waals surface area contributed by atoms with Gasteiger partial charge in [0.05, 0.1) is 0 Å². The lowest BCUT2D eigenvalue weighted by atomic mass is 9.82. The van der Waals surface area contributed by atoms with E-state index in [9.17, 15) is 4.79 Å². The first kappa shape index (κ1) is 20.4. The van der Waals surface area contributed by atoms with Gasteiger partial charge in [0, 0.05) is 31.9 Å². The zero-order chi connectivity index (χ0) is 17.9. The summed E-state index contributed by atoms with van der Waals surface area (Å²) >= 11 is 0. The first-order valence-corrected chi connectivity index (χ1v) is 10.2. The van der Waals surface area contributed by atoms with Crippen LogP contribution in [0.5, 0.6) is 0 Å². The van der Waals surface area contributed by atoms with Gasteiger partial charge in [-0.2, -0.15) is 0 Å². The molecule has 6 heteroatoms. The Labute approximate surface area is 179 Å². The summed E-state index contributed by atoms with van der Waals surface area (Å²) in [5.41, 5.74) is 2.32. The lowest BCUT2D eigenvalue weighted by Gasteiger charge is -2.22. The number of likely N-dealkylation sites (tertiary alicyclic amines) is 1. The second-order valence-corrected chi connectivity index (χ2v) is 7.80. The van der Waals surface area contributed by atoms with E-state index in [4.69, 9.17) is 4.99 Å². The molecule has 0 spiro atoms. The molecule has 148 valence electrons. The molecule has 1 aromatic carbocycles. The number of anilines is 1. The van der Waals surface area contributed by atoms with Crippen molar-refractivity contribution in [1.29, 1.82) is 0 Å². The highest BCUT2D eigenvalue weighted by molar-refractivity contribution is 14.0. The molecule has 0 bridgehead atoms. The summed E-state index contributed by atoms with van der Waals surface area (Å²) in [6.45, 7) is 6.12. The van der Waals surface area contributed by atoms with Gasteiger partial charge in [-0.25, -0.2) is 4.99 Å². The quantitative estimate of drug-likeness (QED) is 0.409. The van der Waals surface area contributed by atoms with Crippen molar-refractivity contribution in [3.8, 4) is 0 Å². The number of aliphatic imine (C=N–C) groups is 1. The molecule has 0 aromatic heterocycles. The lowest BCUT2D eigenvalue weighted by molar-refractivity contribution is -0.117. The van der Waals surface area contributed by atoms with Crippen LogP contribution in [0, 0.1) is 11.8 Å². The van der Waals surface area contributed by atoms with Crippen LogP contribution in [0.15, 0.2) is 29.3 Å². The Bertz CT molecular complexity index is 679. The molecule has 1 aliphatic carbocycles. The number of rotatable bonds is 3. The number of nitrogens with zero attached hydrogens (tertiary/aromatic N) is 3. The molecule has 2 atom stereocenters. The van der Waals surface area contributed by atoms with Gasteiger partial charge in [-0.1, -0.05) is 31.0 Å². The van der Waals surface area contributed by atoms with Gasteiger partial charge >= 0.3 is 0 Å². The molecule has 27 heavy (non-hydrogen) atoms. The second-order valence-electron chi connectivity index (χ2n) is 7.80. The average Bonchev–Trinajstić information content (AvgIpc) is 3.28. The maximum atomic E-state index is 12.8. The van der Waals surface area contributed by atoms with Gasteiger partial charge in [0.25, 0.3) is 0 Å². The van der Waals surface area contributed by atoms with Crippen molar-refractivity contribution in [2.75, 3.05) is 37.6 Å². The van der Waals surface area contributed by atoms with Gasteiger partial charge < -0.3 is 15.1 Å². The number of guanidine groups is 1. The van der Waals surface area contributed by atoms with Gasteiger partial charge in [0.15, 0.2) is 5.96 Å². The summed E-state index contributed by atoms with van der Waals surface area (Å²) in [6.07, 6.45) is 6.39. The Morgan fingerprint density at radius 3 is 2.59 bits per heavy atom. The predicted octanol–water partition coefficient (Wildman–Crippen LogP) is 3.28. The van der Waals surface area contributed by atoms with E-state index in [-0.39, 0.29) is 36.4 Å². The molecule has 1 amide bonds. The Morgan fingerprint density at radius 2 is 1.89 bits per heavy atom. The van der Waals surface area contributed by atoms with E-state index >= 15 is 0 Å². The summed E-state index contributed by atoms with van der Waals surface area (Å²) in [6, 6.07) is 8.20. The van der Waals surface area contributed by atoms with Crippen molar-refractivity contribution in [3.05, 3.63) is 29.8 Å². The number of nitrogens with one attached hydrogen (secondary N) is 1. The summed E-state index contributed by atoms with van der Waals surface area (Å²) in [7, 11) is 0. The number of benzene rings is 1. The fourth-order valence-electron chi connectivity index (χ4n) is 4.83. The molecule has 1 aromatic rings. The van der Waals surface area contributed by atoms with Crippen LogP contribution in [0.2, 0.25) is 0 Å². The summed E-state index contributed by atoms with van der Waals surface area (Å²) in [5.74, 6) is 2.65. The van der Waals surface area contributed by atoms with Gasteiger partial charge in [-0.15, -0.1) is 24.0 Å². The molecular formula is C21H31IN4O. The number of hydrogen-bond acceptors (Lipinski definition) is 2. The third kappa shape index (κ3) is 4.41. The number of fused-ring (bicyclic) bond motifs is 2. The van der Waals surface area contributed by atoms with Crippen LogP contribution in [-0.4, -0.2) is 49.5 Å². The third-order valence-corrected chi connectivity index (χ3v) is 6.16. The van der Waals surface area contributed by atoms with E-state index in [0.29, 0.717) is 0 Å².